The molecule has 1 unspecified atom stereocenters. The van der Waals surface area contributed by atoms with Gasteiger partial charge in [-0.15, -0.1) is 0 Å². The van der Waals surface area contributed by atoms with E-state index in [2.05, 4.69) is 20.3 Å². The van der Waals surface area contributed by atoms with E-state index in [0.29, 0.717) is 17.9 Å². The van der Waals surface area contributed by atoms with Gasteiger partial charge in [0.2, 0.25) is 9.84 Å². The van der Waals surface area contributed by atoms with E-state index in [4.69, 9.17) is 0 Å². The number of aliphatic hydroxyl groups excluding tert-OH is 1. The molecule has 4 rings (SSSR count). The first-order valence-electron chi connectivity index (χ1n) is 9.05. The van der Waals surface area contributed by atoms with Crippen LogP contribution >= 0.6 is 0 Å². The minimum absolute atomic E-state index is 0.203. The number of nitrogens with one attached hydrogen (secondary N) is 2. The molecular weight excluding hydrogens is 388 g/mol. The van der Waals surface area contributed by atoms with E-state index < -0.39 is 16.1 Å². The third kappa shape index (κ3) is 3.91. The third-order valence-corrected chi connectivity index (χ3v) is 6.62. The first-order chi connectivity index (χ1) is 13.9. The number of aromatic amines is 1. The standard InChI is InChI=1S/C21H20N4O3S/c1-14-20(3-2-9-23-14)29(27,28)17-6-4-15(5-7-17)12-24-21(26)19-11-16-13-22-10-8-18(16)25-19/h2-11,13,21,24-26H,12H2,1H3. The molecule has 3 aromatic heterocycles. The van der Waals surface area contributed by atoms with E-state index in [1.807, 2.05) is 12.1 Å². The summed E-state index contributed by atoms with van der Waals surface area (Å²) in [6.07, 6.45) is 4.10. The van der Waals surface area contributed by atoms with E-state index >= 15 is 0 Å². The molecule has 0 aliphatic rings. The molecule has 1 atom stereocenters. The smallest absolute Gasteiger partial charge is 0.208 e. The summed E-state index contributed by atoms with van der Waals surface area (Å²) in [5, 5.41) is 14.3. The SMILES string of the molecule is Cc1ncccc1S(=O)(=O)c1ccc(CNC(O)c2cc3cnccc3[nH]2)cc1. The van der Waals surface area contributed by atoms with E-state index in [1.165, 1.54) is 0 Å². The van der Waals surface area contributed by atoms with Crippen LogP contribution in [0.25, 0.3) is 10.9 Å². The lowest BCUT2D eigenvalue weighted by Crippen LogP contribution is -2.20. The minimum Gasteiger partial charge on any atom is -0.373 e. The van der Waals surface area contributed by atoms with Gasteiger partial charge < -0.3 is 10.1 Å². The number of rotatable bonds is 6. The minimum atomic E-state index is -3.62. The zero-order valence-corrected chi connectivity index (χ0v) is 16.5. The number of nitrogens with zero attached hydrogens (tertiary/aromatic N) is 2. The molecule has 7 nitrogen and oxygen atoms in total. The molecule has 148 valence electrons. The van der Waals surface area contributed by atoms with Crippen LogP contribution in [0.2, 0.25) is 0 Å². The average molecular weight is 408 g/mol. The third-order valence-electron chi connectivity index (χ3n) is 4.72. The van der Waals surface area contributed by atoms with Gasteiger partial charge >= 0.3 is 0 Å². The predicted octanol–water partition coefficient (Wildman–Crippen LogP) is 2.88. The van der Waals surface area contributed by atoms with Crippen molar-refractivity contribution < 1.29 is 13.5 Å². The van der Waals surface area contributed by atoms with Crippen molar-refractivity contribution in [2.75, 3.05) is 0 Å². The lowest BCUT2D eigenvalue weighted by Gasteiger charge is -2.12. The first kappa shape index (κ1) is 19.3. The van der Waals surface area contributed by atoms with E-state index in [1.54, 1.807) is 61.9 Å². The molecule has 0 saturated heterocycles. The lowest BCUT2D eigenvalue weighted by atomic mass is 10.2. The molecular formula is C21H20N4O3S. The van der Waals surface area contributed by atoms with Crippen LogP contribution in [0.3, 0.4) is 0 Å². The van der Waals surface area contributed by atoms with E-state index in [9.17, 15) is 13.5 Å². The largest absolute Gasteiger partial charge is 0.373 e. The summed E-state index contributed by atoms with van der Waals surface area (Å²) in [5.41, 5.74) is 2.86. The highest BCUT2D eigenvalue weighted by Gasteiger charge is 2.20. The fraction of sp³-hybridized carbons (Fsp3) is 0.143. The molecule has 8 heteroatoms. The number of H-pyrrole nitrogens is 1. The van der Waals surface area contributed by atoms with Gasteiger partial charge in [0, 0.05) is 36.0 Å². The number of pyridine rings is 2. The average Bonchev–Trinajstić information content (AvgIpc) is 3.17. The summed E-state index contributed by atoms with van der Waals surface area (Å²) < 4.78 is 25.6. The highest BCUT2D eigenvalue weighted by Crippen LogP contribution is 2.23. The summed E-state index contributed by atoms with van der Waals surface area (Å²) in [7, 11) is -3.62. The molecule has 0 bridgehead atoms. The predicted molar refractivity (Wildman–Crippen MR) is 109 cm³/mol. The van der Waals surface area contributed by atoms with Gasteiger partial charge in [0.05, 0.1) is 21.2 Å². The van der Waals surface area contributed by atoms with Crippen LogP contribution in [-0.2, 0) is 16.4 Å². The Morgan fingerprint density at radius 2 is 1.93 bits per heavy atom. The second-order valence-corrected chi connectivity index (χ2v) is 8.62. The number of sulfone groups is 1. The number of aromatic nitrogens is 3. The fourth-order valence-corrected chi connectivity index (χ4v) is 4.58. The second kappa shape index (κ2) is 7.75. The first-order valence-corrected chi connectivity index (χ1v) is 10.5. The summed E-state index contributed by atoms with van der Waals surface area (Å²) in [4.78, 5) is 11.7. The molecule has 3 N–H and O–H groups in total. The maximum absolute atomic E-state index is 12.8. The summed E-state index contributed by atoms with van der Waals surface area (Å²) in [6, 6.07) is 13.4. The Morgan fingerprint density at radius 3 is 2.66 bits per heavy atom. The summed E-state index contributed by atoms with van der Waals surface area (Å²) in [5.74, 6) is 0. The molecule has 3 heterocycles. The zero-order valence-electron chi connectivity index (χ0n) is 15.7. The fourth-order valence-electron chi connectivity index (χ4n) is 3.13. The molecule has 29 heavy (non-hydrogen) atoms. The van der Waals surface area contributed by atoms with Crippen LogP contribution in [0.4, 0.5) is 0 Å². The van der Waals surface area contributed by atoms with Crippen molar-refractivity contribution in [1.29, 1.82) is 0 Å². The Labute approximate surface area is 168 Å². The monoisotopic (exact) mass is 408 g/mol. The van der Waals surface area contributed by atoms with Crippen molar-refractivity contribution in [2.45, 2.75) is 29.5 Å². The van der Waals surface area contributed by atoms with E-state index in [0.717, 1.165) is 16.5 Å². The van der Waals surface area contributed by atoms with Crippen molar-refractivity contribution in [1.82, 2.24) is 20.3 Å². The summed E-state index contributed by atoms with van der Waals surface area (Å²) >= 11 is 0. The van der Waals surface area contributed by atoms with Crippen LogP contribution in [0, 0.1) is 6.92 Å². The second-order valence-electron chi connectivity index (χ2n) is 6.71. The van der Waals surface area contributed by atoms with Gasteiger partial charge in [0.15, 0.2) is 0 Å². The number of fused-ring (bicyclic) bond motifs is 1. The number of hydrogen-bond donors (Lipinski definition) is 3. The Balaban J connectivity index is 1.46. The van der Waals surface area contributed by atoms with Crippen LogP contribution in [0.15, 0.2) is 76.9 Å². The molecule has 0 aliphatic carbocycles. The van der Waals surface area contributed by atoms with Crippen LogP contribution in [0.1, 0.15) is 23.2 Å². The lowest BCUT2D eigenvalue weighted by molar-refractivity contribution is 0.133. The molecule has 0 saturated carbocycles. The van der Waals surface area contributed by atoms with E-state index in [-0.39, 0.29) is 9.79 Å². The van der Waals surface area contributed by atoms with Crippen molar-refractivity contribution in [3.8, 4) is 0 Å². The molecule has 0 radical (unpaired) electrons. The Morgan fingerprint density at radius 1 is 1.14 bits per heavy atom. The summed E-state index contributed by atoms with van der Waals surface area (Å²) in [6.45, 7) is 2.05. The molecule has 1 aromatic carbocycles. The number of benzene rings is 1. The normalized spacial score (nSPS) is 12.9. The topological polar surface area (TPSA) is 108 Å². The van der Waals surface area contributed by atoms with Gasteiger partial charge in [-0.3, -0.25) is 15.3 Å². The molecule has 4 aromatic rings. The highest BCUT2D eigenvalue weighted by molar-refractivity contribution is 7.91. The maximum Gasteiger partial charge on any atom is 0.208 e. The molecule has 0 spiro atoms. The van der Waals surface area contributed by atoms with Crippen molar-refractivity contribution >= 4 is 20.7 Å². The van der Waals surface area contributed by atoms with Crippen molar-refractivity contribution in [3.05, 3.63) is 84.1 Å². The number of aliphatic hydroxyl groups is 1. The molecule has 0 fully saturated rings. The van der Waals surface area contributed by atoms with Gasteiger partial charge in [-0.1, -0.05) is 12.1 Å². The van der Waals surface area contributed by atoms with Gasteiger partial charge in [-0.2, -0.15) is 0 Å². The van der Waals surface area contributed by atoms with Crippen LogP contribution < -0.4 is 5.32 Å². The maximum atomic E-state index is 12.8. The van der Waals surface area contributed by atoms with Crippen molar-refractivity contribution in [3.63, 3.8) is 0 Å². The number of hydrogen-bond acceptors (Lipinski definition) is 6. The van der Waals surface area contributed by atoms with Crippen LogP contribution in [-0.4, -0.2) is 28.5 Å². The Bertz CT molecular complexity index is 1220. The Kier molecular flexibility index (Phi) is 5.14. The highest BCUT2D eigenvalue weighted by atomic mass is 32.2. The van der Waals surface area contributed by atoms with Gasteiger partial charge in [-0.05, 0) is 48.9 Å². The van der Waals surface area contributed by atoms with Crippen molar-refractivity contribution in [2.24, 2.45) is 0 Å². The zero-order chi connectivity index (χ0) is 20.4. The number of aryl methyl sites for hydroxylation is 1. The Hall–Kier alpha value is -3.07. The van der Waals surface area contributed by atoms with Gasteiger partial charge in [0.25, 0.3) is 0 Å². The van der Waals surface area contributed by atoms with Gasteiger partial charge in [-0.25, -0.2) is 8.42 Å². The quantitative estimate of drug-likeness (QED) is 0.424. The molecule has 0 aliphatic heterocycles. The van der Waals surface area contributed by atoms with Gasteiger partial charge in [0.1, 0.15) is 6.23 Å². The molecule has 0 amide bonds. The van der Waals surface area contributed by atoms with Crippen LogP contribution in [0.5, 0.6) is 0 Å².